The molecule has 1 amide bonds. The molecule has 104 valence electrons. The van der Waals surface area contributed by atoms with Crippen LogP contribution in [0.3, 0.4) is 0 Å². The molecule has 3 N–H and O–H groups in total. The van der Waals surface area contributed by atoms with E-state index < -0.39 is 11.6 Å². The number of hydrogen-bond acceptors (Lipinski definition) is 2. The lowest BCUT2D eigenvalue weighted by atomic mass is 9.91. The summed E-state index contributed by atoms with van der Waals surface area (Å²) in [5.74, 6) is -1.36. The van der Waals surface area contributed by atoms with Crippen LogP contribution in [0.15, 0.2) is 18.2 Å². The van der Waals surface area contributed by atoms with Crippen molar-refractivity contribution in [1.29, 1.82) is 0 Å². The molecule has 1 aromatic rings. The van der Waals surface area contributed by atoms with Gasteiger partial charge in [0.15, 0.2) is 0 Å². The normalized spacial score (nSPS) is 23.1. The molecule has 3 nitrogen and oxygen atoms in total. The van der Waals surface area contributed by atoms with Gasteiger partial charge in [0.1, 0.15) is 11.6 Å². The maximum absolute atomic E-state index is 13.4. The Balaban J connectivity index is 1.89. The Morgan fingerprint density at radius 1 is 1.26 bits per heavy atom. The Bertz CT molecular complexity index is 457. The number of hydrogen-bond donors (Lipinski definition) is 2. The molecular formula is C14H18F2N2O. The van der Waals surface area contributed by atoms with Crippen molar-refractivity contribution in [3.05, 3.63) is 35.4 Å². The molecule has 1 saturated carbocycles. The Morgan fingerprint density at radius 2 is 1.95 bits per heavy atom. The van der Waals surface area contributed by atoms with Crippen LogP contribution in [0.2, 0.25) is 0 Å². The van der Waals surface area contributed by atoms with Gasteiger partial charge >= 0.3 is 0 Å². The molecule has 19 heavy (non-hydrogen) atoms. The smallest absolute Gasteiger partial charge is 0.224 e. The van der Waals surface area contributed by atoms with E-state index in [4.69, 9.17) is 5.73 Å². The van der Waals surface area contributed by atoms with Gasteiger partial charge in [-0.15, -0.1) is 0 Å². The highest BCUT2D eigenvalue weighted by molar-refractivity contribution is 5.78. The Labute approximate surface area is 111 Å². The topological polar surface area (TPSA) is 55.1 Å². The van der Waals surface area contributed by atoms with Crippen molar-refractivity contribution in [3.63, 3.8) is 0 Å². The fourth-order valence-corrected chi connectivity index (χ4v) is 2.39. The number of nitrogens with one attached hydrogen (secondary N) is 1. The lowest BCUT2D eigenvalue weighted by Gasteiger charge is -2.26. The molecule has 1 fully saturated rings. The van der Waals surface area contributed by atoms with E-state index in [-0.39, 0.29) is 30.0 Å². The van der Waals surface area contributed by atoms with Crippen LogP contribution < -0.4 is 11.1 Å². The molecule has 0 saturated heterocycles. The average molecular weight is 268 g/mol. The Morgan fingerprint density at radius 3 is 2.63 bits per heavy atom. The van der Waals surface area contributed by atoms with Crippen molar-refractivity contribution in [3.8, 4) is 0 Å². The molecule has 0 aliphatic heterocycles. The standard InChI is InChI=1S/C14H18F2N2O/c15-10-1-6-13(16)9(7-10)8-14(19)18-12-4-2-11(17)3-5-12/h1,6-7,11-12H,2-5,8,17H2,(H,18,19). The van der Waals surface area contributed by atoms with E-state index in [1.165, 1.54) is 0 Å². The van der Waals surface area contributed by atoms with Gasteiger partial charge in [0, 0.05) is 17.6 Å². The van der Waals surface area contributed by atoms with Crippen LogP contribution in [-0.2, 0) is 11.2 Å². The van der Waals surface area contributed by atoms with Crippen LogP contribution in [0, 0.1) is 11.6 Å². The molecule has 1 aromatic carbocycles. The molecule has 0 heterocycles. The van der Waals surface area contributed by atoms with Gasteiger partial charge in [-0.05, 0) is 43.9 Å². The van der Waals surface area contributed by atoms with Gasteiger partial charge in [0.25, 0.3) is 0 Å². The molecule has 0 aromatic heterocycles. The second kappa shape index (κ2) is 6.10. The van der Waals surface area contributed by atoms with Crippen LogP contribution >= 0.6 is 0 Å². The lowest BCUT2D eigenvalue weighted by molar-refractivity contribution is -0.121. The maximum Gasteiger partial charge on any atom is 0.224 e. The van der Waals surface area contributed by atoms with Gasteiger partial charge in [0.05, 0.1) is 6.42 Å². The molecule has 5 heteroatoms. The van der Waals surface area contributed by atoms with Crippen LogP contribution in [0.5, 0.6) is 0 Å². The maximum atomic E-state index is 13.4. The molecule has 0 bridgehead atoms. The third kappa shape index (κ3) is 3.99. The monoisotopic (exact) mass is 268 g/mol. The van der Waals surface area contributed by atoms with Crippen molar-refractivity contribution in [2.75, 3.05) is 0 Å². The van der Waals surface area contributed by atoms with E-state index in [1.807, 2.05) is 0 Å². The Kier molecular flexibility index (Phi) is 4.47. The van der Waals surface area contributed by atoms with Crippen molar-refractivity contribution in [1.82, 2.24) is 5.32 Å². The van der Waals surface area contributed by atoms with Crippen molar-refractivity contribution in [2.24, 2.45) is 5.73 Å². The number of carbonyl (C=O) groups is 1. The summed E-state index contributed by atoms with van der Waals surface area (Å²) >= 11 is 0. The number of rotatable bonds is 3. The summed E-state index contributed by atoms with van der Waals surface area (Å²) in [7, 11) is 0. The molecule has 0 spiro atoms. The van der Waals surface area contributed by atoms with Gasteiger partial charge in [-0.2, -0.15) is 0 Å². The van der Waals surface area contributed by atoms with Gasteiger partial charge in [-0.25, -0.2) is 8.78 Å². The molecule has 1 aliphatic rings. The summed E-state index contributed by atoms with van der Waals surface area (Å²) in [5, 5.41) is 2.85. The van der Waals surface area contributed by atoms with E-state index in [0.29, 0.717) is 0 Å². The number of amides is 1. The fraction of sp³-hybridized carbons (Fsp3) is 0.500. The highest BCUT2D eigenvalue weighted by Gasteiger charge is 2.20. The fourth-order valence-electron chi connectivity index (χ4n) is 2.39. The quantitative estimate of drug-likeness (QED) is 0.879. The van der Waals surface area contributed by atoms with Crippen molar-refractivity contribution in [2.45, 2.75) is 44.2 Å². The largest absolute Gasteiger partial charge is 0.353 e. The first kappa shape index (κ1) is 13.9. The molecule has 0 unspecified atom stereocenters. The second-order valence-corrected chi connectivity index (χ2v) is 5.09. The molecule has 1 aliphatic carbocycles. The average Bonchev–Trinajstić information content (AvgIpc) is 2.37. The third-order valence-corrected chi connectivity index (χ3v) is 3.50. The lowest BCUT2D eigenvalue weighted by Crippen LogP contribution is -2.41. The highest BCUT2D eigenvalue weighted by Crippen LogP contribution is 2.17. The minimum atomic E-state index is -0.554. The first-order chi connectivity index (χ1) is 9.04. The number of benzene rings is 1. The van der Waals surface area contributed by atoms with E-state index >= 15 is 0 Å². The molecule has 0 atom stereocenters. The summed E-state index contributed by atoms with van der Waals surface area (Å²) in [6.07, 6.45) is 3.34. The van der Waals surface area contributed by atoms with E-state index in [9.17, 15) is 13.6 Å². The summed E-state index contributed by atoms with van der Waals surface area (Å²) < 4.78 is 26.4. The van der Waals surface area contributed by atoms with Crippen LogP contribution in [0.25, 0.3) is 0 Å². The highest BCUT2D eigenvalue weighted by atomic mass is 19.1. The number of carbonyl (C=O) groups excluding carboxylic acids is 1. The zero-order valence-corrected chi connectivity index (χ0v) is 10.7. The van der Waals surface area contributed by atoms with Crippen molar-refractivity contribution < 1.29 is 13.6 Å². The first-order valence-corrected chi connectivity index (χ1v) is 6.53. The molecular weight excluding hydrogens is 250 g/mol. The van der Waals surface area contributed by atoms with Crippen LogP contribution in [-0.4, -0.2) is 18.0 Å². The Hall–Kier alpha value is -1.49. The molecule has 0 radical (unpaired) electrons. The summed E-state index contributed by atoms with van der Waals surface area (Å²) in [4.78, 5) is 11.8. The summed E-state index contributed by atoms with van der Waals surface area (Å²) in [6.45, 7) is 0. The third-order valence-electron chi connectivity index (χ3n) is 3.50. The minimum absolute atomic E-state index is 0.0880. The van der Waals surface area contributed by atoms with E-state index in [1.54, 1.807) is 0 Å². The van der Waals surface area contributed by atoms with Gasteiger partial charge in [-0.3, -0.25) is 4.79 Å². The second-order valence-electron chi connectivity index (χ2n) is 5.09. The van der Waals surface area contributed by atoms with E-state index in [2.05, 4.69) is 5.32 Å². The predicted octanol–water partition coefficient (Wildman–Crippen LogP) is 1.89. The van der Waals surface area contributed by atoms with Crippen LogP contribution in [0.4, 0.5) is 8.78 Å². The minimum Gasteiger partial charge on any atom is -0.353 e. The van der Waals surface area contributed by atoms with Gasteiger partial charge < -0.3 is 11.1 Å². The SMILES string of the molecule is NC1CCC(NC(=O)Cc2cc(F)ccc2F)CC1. The number of halogens is 2. The van der Waals surface area contributed by atoms with Crippen LogP contribution in [0.1, 0.15) is 31.2 Å². The van der Waals surface area contributed by atoms with Crippen molar-refractivity contribution >= 4 is 5.91 Å². The zero-order valence-electron chi connectivity index (χ0n) is 10.7. The molecule has 2 rings (SSSR count). The van der Waals surface area contributed by atoms with E-state index in [0.717, 1.165) is 43.9 Å². The predicted molar refractivity (Wildman–Crippen MR) is 68.4 cm³/mol. The summed E-state index contributed by atoms with van der Waals surface area (Å²) in [5.41, 5.74) is 5.87. The van der Waals surface area contributed by atoms with Gasteiger partial charge in [0.2, 0.25) is 5.91 Å². The number of nitrogens with two attached hydrogens (primary N) is 1. The zero-order chi connectivity index (χ0) is 13.8. The first-order valence-electron chi connectivity index (χ1n) is 6.53. The van der Waals surface area contributed by atoms with Gasteiger partial charge in [-0.1, -0.05) is 0 Å². The summed E-state index contributed by atoms with van der Waals surface area (Å²) in [6, 6.07) is 3.46.